The van der Waals surface area contributed by atoms with Gasteiger partial charge in [-0.05, 0) is 78.3 Å². The molecule has 2 aromatic carbocycles. The Bertz CT molecular complexity index is 1380. The highest BCUT2D eigenvalue weighted by Crippen LogP contribution is 2.60. The average molecular weight is 485 g/mol. The molecule has 2 heterocycles. The molecule has 3 aromatic rings. The molecule has 2 aliphatic carbocycles. The lowest BCUT2D eigenvalue weighted by Crippen LogP contribution is -2.41. The summed E-state index contributed by atoms with van der Waals surface area (Å²) in [5.41, 5.74) is 3.88. The van der Waals surface area contributed by atoms with Crippen LogP contribution in [0.25, 0.3) is 10.9 Å². The molecule has 6 heteroatoms. The van der Waals surface area contributed by atoms with Gasteiger partial charge < -0.3 is 9.72 Å². The number of rotatable bonds is 2. The number of aromatic amines is 1. The van der Waals surface area contributed by atoms with Crippen molar-refractivity contribution < 1.29 is 19.1 Å². The van der Waals surface area contributed by atoms with E-state index in [9.17, 15) is 14.4 Å². The Morgan fingerprint density at radius 1 is 1.00 bits per heavy atom. The molecule has 0 radical (unpaired) electrons. The Morgan fingerprint density at radius 3 is 2.42 bits per heavy atom. The first-order chi connectivity index (χ1) is 17.1. The van der Waals surface area contributed by atoms with Gasteiger partial charge in [-0.1, -0.05) is 39.0 Å². The summed E-state index contributed by atoms with van der Waals surface area (Å²) in [5.74, 6) is -0.291. The third-order valence-corrected chi connectivity index (χ3v) is 8.75. The van der Waals surface area contributed by atoms with Crippen molar-refractivity contribution >= 4 is 34.4 Å². The van der Waals surface area contributed by atoms with Crippen LogP contribution < -0.4 is 9.64 Å². The highest BCUT2D eigenvalue weighted by Gasteiger charge is 2.59. The van der Waals surface area contributed by atoms with E-state index in [1.807, 2.05) is 6.07 Å². The van der Waals surface area contributed by atoms with Gasteiger partial charge in [0.2, 0.25) is 11.8 Å². The molecule has 0 bridgehead atoms. The van der Waals surface area contributed by atoms with E-state index in [0.717, 1.165) is 30.5 Å². The van der Waals surface area contributed by atoms with Crippen LogP contribution in [-0.4, -0.2) is 22.8 Å². The van der Waals surface area contributed by atoms with Crippen LogP contribution >= 0.6 is 0 Å². The highest BCUT2D eigenvalue weighted by molar-refractivity contribution is 6.24. The van der Waals surface area contributed by atoms with Gasteiger partial charge in [-0.2, -0.15) is 0 Å². The van der Waals surface area contributed by atoms with Gasteiger partial charge in [-0.3, -0.25) is 14.4 Å². The number of nitrogens with zero attached hydrogens (tertiary/aromatic N) is 1. The number of H-pyrrole nitrogens is 1. The van der Waals surface area contributed by atoms with Gasteiger partial charge >= 0.3 is 5.97 Å². The largest absolute Gasteiger partial charge is 0.427 e. The van der Waals surface area contributed by atoms with Crippen LogP contribution in [0.4, 0.5) is 5.69 Å². The third kappa shape index (κ3) is 3.41. The number of para-hydroxylation sites is 1. The van der Waals surface area contributed by atoms with Crippen LogP contribution in [0.3, 0.4) is 0 Å². The molecule has 0 unspecified atom stereocenters. The molecule has 1 saturated heterocycles. The number of nitrogens with one attached hydrogen (secondary N) is 1. The number of benzene rings is 2. The zero-order valence-electron chi connectivity index (χ0n) is 21.2. The second kappa shape index (κ2) is 8.05. The van der Waals surface area contributed by atoms with Crippen molar-refractivity contribution in [2.24, 2.45) is 23.2 Å². The van der Waals surface area contributed by atoms with Crippen molar-refractivity contribution in [3.8, 4) is 5.75 Å². The van der Waals surface area contributed by atoms with Crippen molar-refractivity contribution in [1.29, 1.82) is 0 Å². The van der Waals surface area contributed by atoms with E-state index >= 15 is 0 Å². The van der Waals surface area contributed by atoms with Crippen LogP contribution in [-0.2, 0) is 14.4 Å². The fraction of sp³-hybridized carbons (Fsp3) is 0.433. The van der Waals surface area contributed by atoms with E-state index in [4.69, 9.17) is 4.74 Å². The third-order valence-electron chi connectivity index (χ3n) is 8.75. The molecular formula is C30H32N2O4. The first-order valence-electron chi connectivity index (χ1n) is 12.9. The van der Waals surface area contributed by atoms with Crippen molar-refractivity contribution in [3.63, 3.8) is 0 Å². The summed E-state index contributed by atoms with van der Waals surface area (Å²) in [4.78, 5) is 44.3. The molecule has 186 valence electrons. The van der Waals surface area contributed by atoms with Gasteiger partial charge in [-0.15, -0.1) is 0 Å². The molecule has 1 saturated carbocycles. The van der Waals surface area contributed by atoms with E-state index in [1.165, 1.54) is 22.8 Å². The maximum Gasteiger partial charge on any atom is 0.308 e. The molecule has 1 N–H and O–H groups in total. The number of imide groups is 1. The average Bonchev–Trinajstić information content (AvgIpc) is 3.34. The standard InChI is InChI=1S/C30H32N2O4/c1-16(33)36-19-12-10-18(11-13-19)32-28(34)25-22-15-17(30(2,3)4)9-14-20(22)24-21-7-5-6-8-23(21)31-27(24)26(25)29(32)35/h5-8,10-13,17,20,22,25-26,31H,9,14-15H2,1-4H3/t17-,20-,22-,25-,26-/m0/s1. The normalized spacial score (nSPS) is 27.6. The fourth-order valence-corrected chi connectivity index (χ4v) is 7.09. The molecular weight excluding hydrogens is 452 g/mol. The number of carbonyl (C=O) groups is 3. The number of ether oxygens (including phenoxy) is 1. The Balaban J connectivity index is 1.46. The second-order valence-electron chi connectivity index (χ2n) is 11.7. The summed E-state index contributed by atoms with van der Waals surface area (Å²) in [5, 5.41) is 1.18. The molecule has 6 nitrogen and oxygen atoms in total. The number of aromatic nitrogens is 1. The van der Waals surface area contributed by atoms with Crippen LogP contribution in [0.5, 0.6) is 5.75 Å². The molecule has 1 aromatic heterocycles. The van der Waals surface area contributed by atoms with E-state index < -0.39 is 11.9 Å². The number of hydrogen-bond acceptors (Lipinski definition) is 4. The monoisotopic (exact) mass is 484 g/mol. The Labute approximate surface area is 211 Å². The lowest BCUT2D eigenvalue weighted by atomic mass is 9.56. The Kier molecular flexibility index (Phi) is 5.15. The zero-order chi connectivity index (χ0) is 25.4. The van der Waals surface area contributed by atoms with Crippen LogP contribution in [0, 0.1) is 23.2 Å². The van der Waals surface area contributed by atoms with E-state index in [-0.39, 0.29) is 35.0 Å². The van der Waals surface area contributed by atoms with E-state index in [1.54, 1.807) is 24.3 Å². The van der Waals surface area contributed by atoms with E-state index in [2.05, 4.69) is 44.0 Å². The number of fused-ring (bicyclic) bond motifs is 8. The Morgan fingerprint density at radius 2 is 1.72 bits per heavy atom. The van der Waals surface area contributed by atoms with Crippen LogP contribution in [0.2, 0.25) is 0 Å². The van der Waals surface area contributed by atoms with Crippen molar-refractivity contribution in [1.82, 2.24) is 4.98 Å². The first-order valence-corrected chi connectivity index (χ1v) is 12.9. The first kappa shape index (κ1) is 23.0. The maximum atomic E-state index is 14.1. The van der Waals surface area contributed by atoms with Gasteiger partial charge in [0.05, 0.1) is 17.5 Å². The molecule has 2 fully saturated rings. The minimum atomic E-state index is -0.506. The molecule has 2 amide bonds. The predicted molar refractivity (Wildman–Crippen MR) is 138 cm³/mol. The lowest BCUT2D eigenvalue weighted by Gasteiger charge is -2.47. The van der Waals surface area contributed by atoms with Gasteiger partial charge in [-0.25, -0.2) is 4.90 Å². The number of carbonyl (C=O) groups excluding carboxylic acids is 3. The minimum absolute atomic E-state index is 0.112. The Hall–Kier alpha value is -3.41. The minimum Gasteiger partial charge on any atom is -0.427 e. The molecule has 5 atom stereocenters. The quantitative estimate of drug-likeness (QED) is 0.278. The van der Waals surface area contributed by atoms with Crippen LogP contribution in [0.1, 0.15) is 70.1 Å². The molecule has 36 heavy (non-hydrogen) atoms. The van der Waals surface area contributed by atoms with Crippen molar-refractivity contribution in [3.05, 3.63) is 59.8 Å². The van der Waals surface area contributed by atoms with Gasteiger partial charge in [0, 0.05) is 23.5 Å². The van der Waals surface area contributed by atoms with Crippen molar-refractivity contribution in [2.75, 3.05) is 4.90 Å². The molecule has 6 rings (SSSR count). The van der Waals surface area contributed by atoms with Gasteiger partial charge in [0.25, 0.3) is 0 Å². The molecule has 3 aliphatic rings. The number of anilines is 1. The maximum absolute atomic E-state index is 14.1. The second-order valence-corrected chi connectivity index (χ2v) is 11.7. The topological polar surface area (TPSA) is 79.5 Å². The predicted octanol–water partition coefficient (Wildman–Crippen LogP) is 5.93. The fourth-order valence-electron chi connectivity index (χ4n) is 7.09. The summed E-state index contributed by atoms with van der Waals surface area (Å²) in [6.45, 7) is 8.20. The number of hydrogen-bond donors (Lipinski definition) is 1. The summed E-state index contributed by atoms with van der Waals surface area (Å²) >= 11 is 0. The SMILES string of the molecule is CC(=O)Oc1ccc(N2C(=O)[C@H]3[C@H]4C[C@@H](C(C)(C)C)CC[C@@H]4c4c([nH]c5ccccc45)[C@H]3C2=O)cc1. The lowest BCUT2D eigenvalue weighted by molar-refractivity contribution is -0.132. The highest BCUT2D eigenvalue weighted by atomic mass is 16.5. The summed E-state index contributed by atoms with van der Waals surface area (Å²) in [6.07, 6.45) is 3.11. The smallest absolute Gasteiger partial charge is 0.308 e. The van der Waals surface area contributed by atoms with E-state index in [0.29, 0.717) is 17.4 Å². The molecule has 0 spiro atoms. The summed E-state index contributed by atoms with van der Waals surface area (Å²) in [7, 11) is 0. The number of amides is 2. The zero-order valence-corrected chi connectivity index (χ0v) is 21.2. The number of esters is 1. The summed E-state index contributed by atoms with van der Waals surface area (Å²) in [6, 6.07) is 14.9. The van der Waals surface area contributed by atoms with Crippen molar-refractivity contribution in [2.45, 2.75) is 58.8 Å². The van der Waals surface area contributed by atoms with Gasteiger partial charge in [0.1, 0.15) is 5.75 Å². The van der Waals surface area contributed by atoms with Crippen LogP contribution in [0.15, 0.2) is 48.5 Å². The summed E-state index contributed by atoms with van der Waals surface area (Å²) < 4.78 is 5.14. The van der Waals surface area contributed by atoms with Gasteiger partial charge in [0.15, 0.2) is 0 Å². The molecule has 1 aliphatic heterocycles.